The average molecular weight is 358 g/mol. The molecule has 0 amide bonds. The van der Waals surface area contributed by atoms with Gasteiger partial charge in [0.15, 0.2) is 0 Å². The van der Waals surface area contributed by atoms with E-state index >= 15 is 0 Å². The van der Waals surface area contributed by atoms with Crippen LogP contribution in [-0.2, 0) is 14.0 Å². The first kappa shape index (κ1) is 18.5. The van der Waals surface area contributed by atoms with Crippen LogP contribution in [0, 0.1) is 0 Å². The van der Waals surface area contributed by atoms with Crippen LogP contribution in [0.2, 0.25) is 0 Å². The Hall–Kier alpha value is -2.32. The number of nitrogens with zero attached hydrogens (tertiary/aromatic N) is 2. The second kappa shape index (κ2) is 6.44. The number of para-hydroxylation sites is 1. The Morgan fingerprint density at radius 2 is 1.73 bits per heavy atom. The van der Waals surface area contributed by atoms with Gasteiger partial charge in [0, 0.05) is 6.20 Å². The monoisotopic (exact) mass is 358 g/mol. The number of esters is 1. The van der Waals surface area contributed by atoms with Crippen molar-refractivity contribution in [1.82, 2.24) is 9.55 Å². The van der Waals surface area contributed by atoms with Crippen molar-refractivity contribution in [2.24, 2.45) is 0 Å². The highest BCUT2D eigenvalue weighted by molar-refractivity contribution is 6.61. The molecule has 7 nitrogen and oxygen atoms in total. The average Bonchev–Trinajstić information content (AvgIpc) is 3.12. The van der Waals surface area contributed by atoms with Crippen LogP contribution in [0.25, 0.3) is 5.69 Å². The molecule has 1 aliphatic rings. The number of hydrogen-bond acceptors (Lipinski definition) is 6. The first-order valence-electron chi connectivity index (χ1n) is 8.37. The minimum absolute atomic E-state index is 0.325. The van der Waals surface area contributed by atoms with Crippen molar-refractivity contribution in [3.63, 3.8) is 0 Å². The van der Waals surface area contributed by atoms with Crippen molar-refractivity contribution in [3.8, 4) is 11.7 Å². The zero-order chi connectivity index (χ0) is 19.1. The van der Waals surface area contributed by atoms with E-state index in [1.807, 2.05) is 33.8 Å². The molecule has 0 aliphatic carbocycles. The summed E-state index contributed by atoms with van der Waals surface area (Å²) in [5.41, 5.74) is 0.634. The van der Waals surface area contributed by atoms with Crippen molar-refractivity contribution in [1.29, 1.82) is 0 Å². The first-order chi connectivity index (χ1) is 12.2. The molecule has 0 spiro atoms. The Balaban J connectivity index is 2.04. The van der Waals surface area contributed by atoms with Gasteiger partial charge in [-0.2, -0.15) is 0 Å². The lowest BCUT2D eigenvalue weighted by molar-refractivity contribution is 0.00578. The van der Waals surface area contributed by atoms with Gasteiger partial charge < -0.3 is 18.8 Å². The standard InChI is InChI=1S/C18H23BN2O5/c1-17(2)18(3,4)26-19(25-17)14-11-21(16(20-14)24-6)13-10-8-7-9-12(13)15(22)23-5/h7-11H,1-6H3. The van der Waals surface area contributed by atoms with E-state index in [1.165, 1.54) is 14.2 Å². The minimum atomic E-state index is -0.625. The molecule has 0 N–H and O–H groups in total. The van der Waals surface area contributed by atoms with Crippen LogP contribution in [0.1, 0.15) is 38.1 Å². The van der Waals surface area contributed by atoms with Crippen LogP contribution < -0.4 is 10.3 Å². The lowest BCUT2D eigenvalue weighted by Gasteiger charge is -2.32. The third kappa shape index (κ3) is 2.99. The predicted octanol–water partition coefficient (Wildman–Crippen LogP) is 1.97. The van der Waals surface area contributed by atoms with Crippen molar-refractivity contribution in [2.75, 3.05) is 14.2 Å². The molecular weight excluding hydrogens is 335 g/mol. The van der Waals surface area contributed by atoms with Crippen LogP contribution in [-0.4, -0.2) is 48.1 Å². The van der Waals surface area contributed by atoms with E-state index in [-0.39, 0.29) is 0 Å². The lowest BCUT2D eigenvalue weighted by atomic mass is 9.86. The Bertz CT molecular complexity index is 815. The summed E-state index contributed by atoms with van der Waals surface area (Å²) >= 11 is 0. The third-order valence-corrected chi connectivity index (χ3v) is 4.94. The van der Waals surface area contributed by atoms with E-state index in [4.69, 9.17) is 18.8 Å². The molecule has 8 heteroatoms. The summed E-state index contributed by atoms with van der Waals surface area (Å²) in [5, 5.41) is 0. The van der Waals surface area contributed by atoms with Crippen LogP contribution >= 0.6 is 0 Å². The van der Waals surface area contributed by atoms with Crippen LogP contribution in [0.3, 0.4) is 0 Å². The lowest BCUT2D eigenvalue weighted by Crippen LogP contribution is -2.41. The summed E-state index contributed by atoms with van der Waals surface area (Å²) in [6.07, 6.45) is 1.75. The third-order valence-electron chi connectivity index (χ3n) is 4.94. The van der Waals surface area contributed by atoms with Crippen LogP contribution in [0.4, 0.5) is 0 Å². The zero-order valence-electron chi connectivity index (χ0n) is 15.9. The minimum Gasteiger partial charge on any atom is -0.468 e. The second-order valence-corrected chi connectivity index (χ2v) is 7.12. The van der Waals surface area contributed by atoms with Gasteiger partial charge in [-0.15, -0.1) is 0 Å². The van der Waals surface area contributed by atoms with Gasteiger partial charge in [0.25, 0.3) is 6.01 Å². The molecule has 0 bridgehead atoms. The quantitative estimate of drug-likeness (QED) is 0.615. The van der Waals surface area contributed by atoms with Crippen molar-refractivity contribution in [2.45, 2.75) is 38.9 Å². The van der Waals surface area contributed by atoms with E-state index < -0.39 is 24.3 Å². The number of hydrogen-bond donors (Lipinski definition) is 0. The molecule has 1 saturated heterocycles. The second-order valence-electron chi connectivity index (χ2n) is 7.12. The van der Waals surface area contributed by atoms with Crippen molar-refractivity contribution < 1.29 is 23.6 Å². The fraction of sp³-hybridized carbons (Fsp3) is 0.444. The predicted molar refractivity (Wildman–Crippen MR) is 97.2 cm³/mol. The molecule has 138 valence electrons. The molecule has 1 aromatic heterocycles. The number of carbonyl (C=O) groups excluding carboxylic acids is 1. The summed E-state index contributed by atoms with van der Waals surface area (Å²) in [7, 11) is 2.24. The maximum atomic E-state index is 12.1. The highest BCUT2D eigenvalue weighted by Gasteiger charge is 2.52. The first-order valence-corrected chi connectivity index (χ1v) is 8.37. The Morgan fingerprint density at radius 1 is 1.12 bits per heavy atom. The molecule has 0 saturated carbocycles. The van der Waals surface area contributed by atoms with Gasteiger partial charge in [0.2, 0.25) is 0 Å². The van der Waals surface area contributed by atoms with Gasteiger partial charge in [0.05, 0.1) is 42.3 Å². The zero-order valence-corrected chi connectivity index (χ0v) is 15.9. The van der Waals surface area contributed by atoms with Gasteiger partial charge in [-0.3, -0.25) is 4.57 Å². The van der Waals surface area contributed by atoms with E-state index in [9.17, 15) is 4.79 Å². The van der Waals surface area contributed by atoms with E-state index in [0.717, 1.165) is 0 Å². The summed E-state index contributed by atoms with van der Waals surface area (Å²) in [5.74, 6) is -0.437. The summed E-state index contributed by atoms with van der Waals surface area (Å²) in [6.45, 7) is 7.92. The largest absolute Gasteiger partial charge is 0.516 e. The molecule has 0 radical (unpaired) electrons. The number of aromatic nitrogens is 2. The molecule has 1 fully saturated rings. The number of methoxy groups -OCH3 is 2. The Kier molecular flexibility index (Phi) is 4.58. The van der Waals surface area contributed by atoms with Crippen molar-refractivity contribution >= 4 is 18.7 Å². The molecule has 26 heavy (non-hydrogen) atoms. The number of benzene rings is 1. The number of ether oxygens (including phenoxy) is 2. The van der Waals surface area contributed by atoms with E-state index in [1.54, 1.807) is 29.0 Å². The molecule has 0 atom stereocenters. The smallest absolute Gasteiger partial charge is 0.468 e. The molecule has 3 rings (SSSR count). The fourth-order valence-corrected chi connectivity index (χ4v) is 2.74. The number of rotatable bonds is 4. The maximum absolute atomic E-state index is 12.1. The SMILES string of the molecule is COC(=O)c1ccccc1-n1cc(B2OC(C)(C)C(C)(C)O2)nc1OC. The summed E-state index contributed by atoms with van der Waals surface area (Å²) < 4.78 is 24.1. The normalized spacial score (nSPS) is 18.0. The fourth-order valence-electron chi connectivity index (χ4n) is 2.74. The molecular formula is C18H23BN2O5. The van der Waals surface area contributed by atoms with E-state index in [2.05, 4.69) is 4.98 Å². The Morgan fingerprint density at radius 3 is 2.31 bits per heavy atom. The van der Waals surface area contributed by atoms with Crippen LogP contribution in [0.5, 0.6) is 6.01 Å². The topological polar surface area (TPSA) is 71.8 Å². The summed E-state index contributed by atoms with van der Waals surface area (Å²) in [6, 6.07) is 7.41. The molecule has 0 unspecified atom stereocenters. The number of imidazole rings is 1. The molecule has 1 aromatic carbocycles. The number of carbonyl (C=O) groups is 1. The molecule has 2 heterocycles. The molecule has 1 aliphatic heterocycles. The van der Waals surface area contributed by atoms with Gasteiger partial charge in [-0.1, -0.05) is 12.1 Å². The highest BCUT2D eigenvalue weighted by Crippen LogP contribution is 2.36. The van der Waals surface area contributed by atoms with Gasteiger partial charge in [-0.05, 0) is 39.8 Å². The van der Waals surface area contributed by atoms with Gasteiger partial charge in [-0.25, -0.2) is 9.78 Å². The molecule has 2 aromatic rings. The van der Waals surface area contributed by atoms with Crippen LogP contribution in [0.15, 0.2) is 30.5 Å². The maximum Gasteiger partial charge on any atom is 0.516 e. The van der Waals surface area contributed by atoms with Gasteiger partial charge in [0.1, 0.15) is 0 Å². The Labute approximate surface area is 153 Å². The highest BCUT2D eigenvalue weighted by atomic mass is 16.7. The van der Waals surface area contributed by atoms with Crippen molar-refractivity contribution in [3.05, 3.63) is 36.0 Å². The van der Waals surface area contributed by atoms with E-state index in [0.29, 0.717) is 22.9 Å². The summed E-state index contributed by atoms with van der Waals surface area (Å²) in [4.78, 5) is 16.6. The van der Waals surface area contributed by atoms with Gasteiger partial charge >= 0.3 is 13.1 Å².